The zero-order chi connectivity index (χ0) is 15.4. The molecule has 1 aromatic carbocycles. The second kappa shape index (κ2) is 7.56. The van der Waals surface area contributed by atoms with Gasteiger partial charge >= 0.3 is 0 Å². The third-order valence-corrected chi connectivity index (χ3v) is 4.59. The number of halogens is 3. The minimum absolute atomic E-state index is 0.295. The molecule has 0 aliphatic rings. The molecule has 0 fully saturated rings. The lowest BCUT2D eigenvalue weighted by Crippen LogP contribution is -2.25. The zero-order valence-corrected chi connectivity index (χ0v) is 14.7. The fourth-order valence-electron chi connectivity index (χ4n) is 2.51. The van der Waals surface area contributed by atoms with E-state index in [0.717, 1.165) is 43.9 Å². The van der Waals surface area contributed by atoms with E-state index in [2.05, 4.69) is 44.2 Å². The van der Waals surface area contributed by atoms with Crippen molar-refractivity contribution in [2.75, 3.05) is 19.6 Å². The maximum Gasteiger partial charge on any atom is 0.139 e. The summed E-state index contributed by atoms with van der Waals surface area (Å²) in [5.41, 5.74) is 1.59. The molecule has 0 aliphatic carbocycles. The molecule has 2 rings (SSSR count). The molecule has 0 atom stereocenters. The van der Waals surface area contributed by atoms with Crippen LogP contribution in [0.4, 0.5) is 4.39 Å². The highest BCUT2D eigenvalue weighted by atomic mass is 79.9. The summed E-state index contributed by atoms with van der Waals surface area (Å²) in [7, 11) is 0. The number of hydrogen-bond donors (Lipinski definition) is 0. The first-order valence-electron chi connectivity index (χ1n) is 7.23. The number of fused-ring (bicyclic) bond motifs is 1. The van der Waals surface area contributed by atoms with Crippen molar-refractivity contribution < 1.29 is 4.39 Å². The van der Waals surface area contributed by atoms with Crippen molar-refractivity contribution in [1.82, 2.24) is 14.5 Å². The average Bonchev–Trinajstić information content (AvgIpc) is 2.81. The molecule has 0 spiro atoms. The monoisotopic (exact) mass is 375 g/mol. The van der Waals surface area contributed by atoms with Gasteiger partial charge in [0.2, 0.25) is 0 Å². The van der Waals surface area contributed by atoms with Gasteiger partial charge in [-0.2, -0.15) is 0 Å². The van der Waals surface area contributed by atoms with Gasteiger partial charge in [-0.1, -0.05) is 13.8 Å². The Morgan fingerprint density at radius 1 is 1.33 bits per heavy atom. The zero-order valence-electron chi connectivity index (χ0n) is 12.4. The van der Waals surface area contributed by atoms with Gasteiger partial charge in [0.15, 0.2) is 0 Å². The minimum atomic E-state index is -0.295. The quantitative estimate of drug-likeness (QED) is 0.667. The summed E-state index contributed by atoms with van der Waals surface area (Å²) >= 11 is 9.22. The van der Waals surface area contributed by atoms with E-state index in [1.165, 1.54) is 6.07 Å². The highest BCUT2D eigenvalue weighted by Gasteiger charge is 2.13. The number of aromatic nitrogens is 2. The predicted octanol–water partition coefficient (Wildman–Crippen LogP) is 4.41. The van der Waals surface area contributed by atoms with Gasteiger partial charge in [0.1, 0.15) is 11.6 Å². The SMILES string of the molecule is CCN(CC)CCCn1c(CCl)nc2cc(F)c(Br)cc21. The molecule has 0 saturated carbocycles. The summed E-state index contributed by atoms with van der Waals surface area (Å²) < 4.78 is 16.2. The van der Waals surface area contributed by atoms with Crippen LogP contribution in [-0.2, 0) is 12.4 Å². The molecule has 1 heterocycles. The Hall–Kier alpha value is -0.650. The summed E-state index contributed by atoms with van der Waals surface area (Å²) in [6.45, 7) is 8.32. The Morgan fingerprint density at radius 2 is 2.05 bits per heavy atom. The van der Waals surface area contributed by atoms with E-state index in [4.69, 9.17) is 11.6 Å². The van der Waals surface area contributed by atoms with Crippen molar-refractivity contribution in [3.8, 4) is 0 Å². The highest BCUT2D eigenvalue weighted by molar-refractivity contribution is 9.10. The van der Waals surface area contributed by atoms with Crippen LogP contribution in [-0.4, -0.2) is 34.1 Å². The number of hydrogen-bond acceptors (Lipinski definition) is 2. The van der Waals surface area contributed by atoms with E-state index in [-0.39, 0.29) is 5.82 Å². The largest absolute Gasteiger partial charge is 0.327 e. The molecule has 1 aromatic heterocycles. The molecular weight excluding hydrogens is 357 g/mol. The first-order valence-corrected chi connectivity index (χ1v) is 8.55. The number of imidazole rings is 1. The van der Waals surface area contributed by atoms with Crippen LogP contribution in [0.25, 0.3) is 11.0 Å². The van der Waals surface area contributed by atoms with Crippen LogP contribution in [0, 0.1) is 5.82 Å². The Bertz CT molecular complexity index is 610. The molecule has 0 radical (unpaired) electrons. The highest BCUT2D eigenvalue weighted by Crippen LogP contribution is 2.25. The van der Waals surface area contributed by atoms with E-state index < -0.39 is 0 Å². The molecule has 0 bridgehead atoms. The van der Waals surface area contributed by atoms with Crippen molar-refractivity contribution in [2.24, 2.45) is 0 Å². The maximum absolute atomic E-state index is 13.6. The van der Waals surface area contributed by atoms with Gasteiger partial charge < -0.3 is 9.47 Å². The standard InChI is InChI=1S/C15H20BrClFN3/c1-3-20(4-2)6-5-7-21-14-8-11(16)12(18)9-13(14)19-15(21)10-17/h8-9H,3-7,10H2,1-2H3. The summed E-state index contributed by atoms with van der Waals surface area (Å²) in [5, 5.41) is 0. The van der Waals surface area contributed by atoms with Crippen LogP contribution < -0.4 is 0 Å². The summed E-state index contributed by atoms with van der Waals surface area (Å²) in [6, 6.07) is 3.24. The lowest BCUT2D eigenvalue weighted by atomic mass is 10.3. The molecular formula is C15H20BrClFN3. The lowest BCUT2D eigenvalue weighted by Gasteiger charge is -2.18. The molecule has 0 N–H and O–H groups in total. The molecule has 0 unspecified atom stereocenters. The predicted molar refractivity (Wildman–Crippen MR) is 89.4 cm³/mol. The number of benzene rings is 1. The van der Waals surface area contributed by atoms with Gasteiger partial charge in [0.25, 0.3) is 0 Å². The molecule has 21 heavy (non-hydrogen) atoms. The Balaban J connectivity index is 2.23. The van der Waals surface area contributed by atoms with E-state index in [1.54, 1.807) is 6.07 Å². The Morgan fingerprint density at radius 3 is 2.67 bits per heavy atom. The third kappa shape index (κ3) is 3.76. The molecule has 6 heteroatoms. The van der Waals surface area contributed by atoms with Gasteiger partial charge in [0.05, 0.1) is 21.4 Å². The van der Waals surface area contributed by atoms with Crippen molar-refractivity contribution in [2.45, 2.75) is 32.7 Å². The smallest absolute Gasteiger partial charge is 0.139 e. The fourth-order valence-corrected chi connectivity index (χ4v) is 3.05. The summed E-state index contributed by atoms with van der Waals surface area (Å²) in [5.74, 6) is 0.833. The van der Waals surface area contributed by atoms with Crippen LogP contribution in [0.2, 0.25) is 0 Å². The number of alkyl halides is 1. The van der Waals surface area contributed by atoms with Gasteiger partial charge in [-0.05, 0) is 48.1 Å². The van der Waals surface area contributed by atoms with Crippen LogP contribution in [0.1, 0.15) is 26.1 Å². The molecule has 2 aromatic rings. The Kier molecular flexibility index (Phi) is 6.02. The number of rotatable bonds is 7. The number of nitrogens with zero attached hydrogens (tertiary/aromatic N) is 3. The lowest BCUT2D eigenvalue weighted by molar-refractivity contribution is 0.293. The third-order valence-electron chi connectivity index (χ3n) is 3.74. The summed E-state index contributed by atoms with van der Waals surface area (Å²) in [4.78, 5) is 6.81. The van der Waals surface area contributed by atoms with Gasteiger partial charge in [-0.25, -0.2) is 9.37 Å². The molecule has 0 aliphatic heterocycles. The van der Waals surface area contributed by atoms with Gasteiger partial charge in [-0.15, -0.1) is 11.6 Å². The van der Waals surface area contributed by atoms with Crippen LogP contribution in [0.15, 0.2) is 16.6 Å². The average molecular weight is 377 g/mol. The van der Waals surface area contributed by atoms with Gasteiger partial charge in [0, 0.05) is 12.6 Å². The molecule has 0 amide bonds. The van der Waals surface area contributed by atoms with Crippen LogP contribution in [0.5, 0.6) is 0 Å². The van der Waals surface area contributed by atoms with Crippen molar-refractivity contribution in [1.29, 1.82) is 0 Å². The second-order valence-corrected chi connectivity index (χ2v) is 6.07. The van der Waals surface area contributed by atoms with Crippen molar-refractivity contribution >= 4 is 38.6 Å². The van der Waals surface area contributed by atoms with E-state index in [0.29, 0.717) is 15.9 Å². The topological polar surface area (TPSA) is 21.1 Å². The molecule has 116 valence electrons. The van der Waals surface area contributed by atoms with Crippen molar-refractivity contribution in [3.05, 3.63) is 28.2 Å². The maximum atomic E-state index is 13.6. The number of aryl methyl sites for hydroxylation is 1. The van der Waals surface area contributed by atoms with E-state index in [1.807, 2.05) is 0 Å². The Labute approximate surface area is 138 Å². The van der Waals surface area contributed by atoms with Crippen molar-refractivity contribution in [3.63, 3.8) is 0 Å². The first-order chi connectivity index (χ1) is 10.1. The fraction of sp³-hybridized carbons (Fsp3) is 0.533. The molecule has 0 saturated heterocycles. The first kappa shape index (κ1) is 16.7. The van der Waals surface area contributed by atoms with E-state index >= 15 is 0 Å². The normalized spacial score (nSPS) is 11.7. The molecule has 3 nitrogen and oxygen atoms in total. The van der Waals surface area contributed by atoms with Crippen LogP contribution in [0.3, 0.4) is 0 Å². The van der Waals surface area contributed by atoms with E-state index in [9.17, 15) is 4.39 Å². The minimum Gasteiger partial charge on any atom is -0.327 e. The summed E-state index contributed by atoms with van der Waals surface area (Å²) in [6.07, 6.45) is 1.02. The second-order valence-electron chi connectivity index (χ2n) is 4.95. The van der Waals surface area contributed by atoms with Gasteiger partial charge in [-0.3, -0.25) is 0 Å². The van der Waals surface area contributed by atoms with Crippen LogP contribution >= 0.6 is 27.5 Å².